The molecule has 0 aromatic carbocycles. The minimum atomic E-state index is -3.42. The number of sulfonamides is 1. The lowest BCUT2D eigenvalue weighted by atomic mass is 10.2. The Bertz CT molecular complexity index is 553. The zero-order valence-corrected chi connectivity index (χ0v) is 13.9. The van der Waals surface area contributed by atoms with E-state index in [1.807, 2.05) is 26.2 Å². The molecule has 1 aliphatic heterocycles. The Labute approximate surface area is 124 Å². The van der Waals surface area contributed by atoms with Crippen molar-refractivity contribution in [1.82, 2.24) is 4.31 Å². The van der Waals surface area contributed by atoms with E-state index in [1.165, 1.54) is 11.3 Å². The van der Waals surface area contributed by atoms with Crippen LogP contribution in [-0.2, 0) is 15.9 Å². The summed E-state index contributed by atoms with van der Waals surface area (Å²) in [7, 11) is -3.42. The summed E-state index contributed by atoms with van der Waals surface area (Å²) in [6.45, 7) is 5.89. The lowest BCUT2D eigenvalue weighted by Gasteiger charge is -2.27. The molecular formula is C13H20ClNO2S2. The number of nitrogens with zero attached hydrogens (tertiary/aromatic N) is 1. The van der Waals surface area contributed by atoms with Gasteiger partial charge >= 0.3 is 0 Å². The van der Waals surface area contributed by atoms with Crippen LogP contribution in [0.3, 0.4) is 0 Å². The molecule has 1 aromatic heterocycles. The molecule has 2 rings (SSSR count). The third-order valence-electron chi connectivity index (χ3n) is 3.83. The van der Waals surface area contributed by atoms with Crippen LogP contribution in [0, 0.1) is 6.92 Å². The van der Waals surface area contributed by atoms with Crippen molar-refractivity contribution in [3.63, 3.8) is 0 Å². The molecule has 1 fully saturated rings. The monoisotopic (exact) mass is 321 g/mol. The molecule has 0 saturated carbocycles. The van der Waals surface area contributed by atoms with E-state index in [1.54, 1.807) is 4.31 Å². The van der Waals surface area contributed by atoms with Gasteiger partial charge in [0.25, 0.3) is 0 Å². The first-order valence-electron chi connectivity index (χ1n) is 6.59. The molecule has 2 unspecified atom stereocenters. The molecule has 3 nitrogen and oxygen atoms in total. The fourth-order valence-electron chi connectivity index (χ4n) is 2.90. The highest BCUT2D eigenvalue weighted by Gasteiger charge is 2.40. The molecule has 6 heteroatoms. The molecule has 2 atom stereocenters. The van der Waals surface area contributed by atoms with Crippen molar-refractivity contribution < 1.29 is 8.42 Å². The summed E-state index contributed by atoms with van der Waals surface area (Å²) in [4.78, 5) is 1.20. The lowest BCUT2D eigenvalue weighted by molar-refractivity contribution is 0.328. The Balaban J connectivity index is 2.50. The molecule has 0 amide bonds. The minimum absolute atomic E-state index is 0.0809. The van der Waals surface area contributed by atoms with E-state index >= 15 is 0 Å². The van der Waals surface area contributed by atoms with Crippen molar-refractivity contribution in [1.29, 1.82) is 0 Å². The van der Waals surface area contributed by atoms with Gasteiger partial charge in [0.15, 0.2) is 0 Å². The quantitative estimate of drug-likeness (QED) is 0.792. The SMILES string of the molecule is CCC1CCC(C)N1S(=O)(=O)c1c(C)csc1CCl. The van der Waals surface area contributed by atoms with Crippen LogP contribution in [0.5, 0.6) is 0 Å². The summed E-state index contributed by atoms with van der Waals surface area (Å²) in [5.74, 6) is 0.256. The molecule has 0 spiro atoms. The van der Waals surface area contributed by atoms with Crippen LogP contribution in [-0.4, -0.2) is 24.8 Å². The number of hydrogen-bond acceptors (Lipinski definition) is 3. The van der Waals surface area contributed by atoms with Crippen LogP contribution in [0.25, 0.3) is 0 Å². The maximum Gasteiger partial charge on any atom is 0.244 e. The van der Waals surface area contributed by atoms with E-state index in [-0.39, 0.29) is 18.0 Å². The number of hydrogen-bond donors (Lipinski definition) is 0. The van der Waals surface area contributed by atoms with Gasteiger partial charge in [-0.05, 0) is 44.1 Å². The zero-order valence-electron chi connectivity index (χ0n) is 11.5. The van der Waals surface area contributed by atoms with Crippen molar-refractivity contribution in [2.24, 2.45) is 0 Å². The number of rotatable bonds is 4. The second-order valence-corrected chi connectivity index (χ2v) is 8.14. The van der Waals surface area contributed by atoms with Crippen LogP contribution in [0.2, 0.25) is 0 Å². The van der Waals surface area contributed by atoms with Crippen molar-refractivity contribution >= 4 is 33.0 Å². The van der Waals surface area contributed by atoms with E-state index in [0.717, 1.165) is 29.7 Å². The summed E-state index contributed by atoms with van der Waals surface area (Å²) in [6.07, 6.45) is 2.76. The van der Waals surface area contributed by atoms with Crippen LogP contribution >= 0.6 is 22.9 Å². The maximum absolute atomic E-state index is 12.9. The van der Waals surface area contributed by atoms with E-state index in [2.05, 4.69) is 0 Å². The standard InChI is InChI=1S/C13H20ClNO2S2/c1-4-11-6-5-10(3)15(11)19(16,17)13-9(2)8-18-12(13)7-14/h8,10-11H,4-7H2,1-3H3. The first kappa shape index (κ1) is 15.3. The topological polar surface area (TPSA) is 37.4 Å². The van der Waals surface area contributed by atoms with E-state index < -0.39 is 10.0 Å². The highest BCUT2D eigenvalue weighted by Crippen LogP contribution is 2.37. The molecule has 1 aliphatic rings. The van der Waals surface area contributed by atoms with Crippen LogP contribution < -0.4 is 0 Å². The zero-order chi connectivity index (χ0) is 14.2. The first-order chi connectivity index (χ1) is 8.93. The van der Waals surface area contributed by atoms with E-state index in [0.29, 0.717) is 4.90 Å². The molecule has 19 heavy (non-hydrogen) atoms. The number of alkyl halides is 1. The summed E-state index contributed by atoms with van der Waals surface area (Å²) in [5.41, 5.74) is 0.814. The molecular weight excluding hydrogens is 302 g/mol. The van der Waals surface area contributed by atoms with Gasteiger partial charge in [0, 0.05) is 17.0 Å². The van der Waals surface area contributed by atoms with Gasteiger partial charge < -0.3 is 0 Å². The lowest BCUT2D eigenvalue weighted by Crippen LogP contribution is -2.40. The van der Waals surface area contributed by atoms with E-state index in [4.69, 9.17) is 11.6 Å². The summed E-state index contributed by atoms with van der Waals surface area (Å²) in [6, 6.07) is 0.208. The third-order valence-corrected chi connectivity index (χ3v) is 7.79. The van der Waals surface area contributed by atoms with Crippen molar-refractivity contribution in [2.45, 2.75) is 62.9 Å². The van der Waals surface area contributed by atoms with Crippen molar-refractivity contribution in [3.8, 4) is 0 Å². The Morgan fingerprint density at radius 3 is 2.74 bits per heavy atom. The van der Waals surface area contributed by atoms with Gasteiger partial charge in [-0.25, -0.2) is 8.42 Å². The molecule has 108 valence electrons. The summed E-state index contributed by atoms with van der Waals surface area (Å²) < 4.78 is 27.6. The molecule has 0 radical (unpaired) electrons. The van der Waals surface area contributed by atoms with Gasteiger partial charge in [-0.15, -0.1) is 22.9 Å². The fourth-order valence-corrected chi connectivity index (χ4v) is 6.86. The molecule has 2 heterocycles. The fraction of sp³-hybridized carbons (Fsp3) is 0.692. The van der Waals surface area contributed by atoms with Crippen LogP contribution in [0.15, 0.2) is 10.3 Å². The number of aryl methyl sites for hydroxylation is 1. The Hall–Kier alpha value is -0.100. The molecule has 0 N–H and O–H groups in total. The van der Waals surface area contributed by atoms with Crippen molar-refractivity contribution in [2.75, 3.05) is 0 Å². The Morgan fingerprint density at radius 2 is 2.16 bits per heavy atom. The first-order valence-corrected chi connectivity index (χ1v) is 9.45. The van der Waals surface area contributed by atoms with Gasteiger partial charge in [-0.2, -0.15) is 4.31 Å². The van der Waals surface area contributed by atoms with Crippen molar-refractivity contribution in [3.05, 3.63) is 15.8 Å². The third kappa shape index (κ3) is 2.58. The van der Waals surface area contributed by atoms with Gasteiger partial charge in [-0.3, -0.25) is 0 Å². The predicted octanol–water partition coefficient (Wildman–Crippen LogP) is 3.75. The average Bonchev–Trinajstić information content (AvgIpc) is 2.92. The summed E-state index contributed by atoms with van der Waals surface area (Å²) >= 11 is 7.33. The second-order valence-electron chi connectivity index (χ2n) is 5.13. The van der Waals surface area contributed by atoms with Crippen LogP contribution in [0.1, 0.15) is 43.6 Å². The molecule has 1 aromatic rings. The normalized spacial score (nSPS) is 25.1. The van der Waals surface area contributed by atoms with Gasteiger partial charge in [0.05, 0.1) is 5.88 Å². The highest BCUT2D eigenvalue weighted by molar-refractivity contribution is 7.89. The van der Waals surface area contributed by atoms with Crippen LogP contribution in [0.4, 0.5) is 0 Å². The molecule has 1 saturated heterocycles. The number of thiophene rings is 1. The van der Waals surface area contributed by atoms with Gasteiger partial charge in [-0.1, -0.05) is 6.92 Å². The maximum atomic E-state index is 12.9. The molecule has 0 aliphatic carbocycles. The van der Waals surface area contributed by atoms with Gasteiger partial charge in [0.2, 0.25) is 10.0 Å². The average molecular weight is 322 g/mol. The Kier molecular flexibility index (Phi) is 4.60. The number of halogens is 1. The van der Waals surface area contributed by atoms with Gasteiger partial charge in [0.1, 0.15) is 4.90 Å². The smallest absolute Gasteiger partial charge is 0.207 e. The molecule has 0 bridgehead atoms. The predicted molar refractivity (Wildman–Crippen MR) is 80.4 cm³/mol. The second kappa shape index (κ2) is 5.72. The minimum Gasteiger partial charge on any atom is -0.207 e. The highest BCUT2D eigenvalue weighted by atomic mass is 35.5. The Morgan fingerprint density at radius 1 is 1.47 bits per heavy atom. The summed E-state index contributed by atoms with van der Waals surface area (Å²) in [5, 5.41) is 1.88. The largest absolute Gasteiger partial charge is 0.244 e. The van der Waals surface area contributed by atoms with E-state index in [9.17, 15) is 8.42 Å².